The number of piperidine rings is 1. The van der Waals surface area contributed by atoms with E-state index in [1.54, 1.807) is 24.3 Å². The standard InChI is InChI=1S/C13H16BrNO4S/c14-11-5-1-2-6-12(11)20(18,19)15-7-3-4-10(9-15)8-13(16)17/h1-2,5-6,10H,3-4,7-9H2,(H,16,17). The van der Waals surface area contributed by atoms with Crippen LogP contribution in [0.15, 0.2) is 33.6 Å². The molecule has 1 unspecified atom stereocenters. The molecule has 7 heteroatoms. The summed E-state index contributed by atoms with van der Waals surface area (Å²) in [6.45, 7) is 0.718. The summed E-state index contributed by atoms with van der Waals surface area (Å²) in [5.41, 5.74) is 0. The average molecular weight is 362 g/mol. The maximum atomic E-state index is 12.6. The Bertz CT molecular complexity index is 602. The zero-order valence-corrected chi connectivity index (χ0v) is 13.2. The van der Waals surface area contributed by atoms with E-state index in [9.17, 15) is 13.2 Å². The zero-order chi connectivity index (χ0) is 14.8. The molecule has 0 saturated carbocycles. The van der Waals surface area contributed by atoms with Gasteiger partial charge in [-0.2, -0.15) is 4.31 Å². The van der Waals surface area contributed by atoms with E-state index in [4.69, 9.17) is 5.11 Å². The van der Waals surface area contributed by atoms with Crippen molar-refractivity contribution in [1.82, 2.24) is 4.31 Å². The Kier molecular flexibility index (Phi) is 4.82. The molecule has 1 aromatic rings. The maximum absolute atomic E-state index is 12.6. The quantitative estimate of drug-likeness (QED) is 0.892. The number of hydrogen-bond donors (Lipinski definition) is 1. The number of carboxylic acid groups (broad SMARTS) is 1. The summed E-state index contributed by atoms with van der Waals surface area (Å²) in [4.78, 5) is 11.0. The lowest BCUT2D eigenvalue weighted by atomic mass is 9.96. The lowest BCUT2D eigenvalue weighted by molar-refractivity contribution is -0.138. The van der Waals surface area contributed by atoms with E-state index < -0.39 is 16.0 Å². The van der Waals surface area contributed by atoms with Gasteiger partial charge in [-0.3, -0.25) is 4.79 Å². The third kappa shape index (κ3) is 3.39. The van der Waals surface area contributed by atoms with Crippen LogP contribution in [0.25, 0.3) is 0 Å². The number of rotatable bonds is 4. The van der Waals surface area contributed by atoms with Gasteiger partial charge in [0.1, 0.15) is 0 Å². The Morgan fingerprint density at radius 2 is 2.10 bits per heavy atom. The molecule has 1 aliphatic rings. The van der Waals surface area contributed by atoms with Gasteiger partial charge in [0.15, 0.2) is 0 Å². The molecule has 2 rings (SSSR count). The first-order chi connectivity index (χ1) is 9.41. The summed E-state index contributed by atoms with van der Waals surface area (Å²) in [5.74, 6) is -0.992. The van der Waals surface area contributed by atoms with Crippen LogP contribution in [0.1, 0.15) is 19.3 Å². The first-order valence-electron chi connectivity index (χ1n) is 6.37. The molecule has 110 valence electrons. The molecule has 1 aliphatic heterocycles. The monoisotopic (exact) mass is 361 g/mol. The SMILES string of the molecule is O=C(O)CC1CCCN(S(=O)(=O)c2ccccc2Br)C1. The van der Waals surface area contributed by atoms with E-state index in [0.29, 0.717) is 17.4 Å². The van der Waals surface area contributed by atoms with Crippen LogP contribution >= 0.6 is 15.9 Å². The third-order valence-corrected chi connectivity index (χ3v) is 6.28. The second-order valence-corrected chi connectivity index (χ2v) is 7.66. The largest absolute Gasteiger partial charge is 0.481 e. The average Bonchev–Trinajstić information content (AvgIpc) is 2.38. The smallest absolute Gasteiger partial charge is 0.303 e. The number of hydrogen-bond acceptors (Lipinski definition) is 3. The van der Waals surface area contributed by atoms with Crippen molar-refractivity contribution in [3.8, 4) is 0 Å². The Morgan fingerprint density at radius 3 is 2.75 bits per heavy atom. The Balaban J connectivity index is 2.22. The first kappa shape index (κ1) is 15.5. The van der Waals surface area contributed by atoms with Gasteiger partial charge in [0.25, 0.3) is 0 Å². The second kappa shape index (κ2) is 6.24. The topological polar surface area (TPSA) is 74.7 Å². The van der Waals surface area contributed by atoms with E-state index in [2.05, 4.69) is 15.9 Å². The molecule has 0 spiro atoms. The van der Waals surface area contributed by atoms with Crippen molar-refractivity contribution in [1.29, 1.82) is 0 Å². The van der Waals surface area contributed by atoms with Crippen LogP contribution in [-0.4, -0.2) is 36.9 Å². The summed E-state index contributed by atoms with van der Waals surface area (Å²) < 4.78 is 27.1. The van der Waals surface area contributed by atoms with Gasteiger partial charge in [0.05, 0.1) is 4.90 Å². The van der Waals surface area contributed by atoms with Crippen LogP contribution in [0, 0.1) is 5.92 Å². The number of aliphatic carboxylic acids is 1. The van der Waals surface area contributed by atoms with Crippen molar-refractivity contribution in [3.05, 3.63) is 28.7 Å². The maximum Gasteiger partial charge on any atom is 0.303 e. The Morgan fingerprint density at radius 1 is 1.40 bits per heavy atom. The molecule has 1 atom stereocenters. The molecule has 0 bridgehead atoms. The van der Waals surface area contributed by atoms with Crippen LogP contribution in [0.4, 0.5) is 0 Å². The van der Waals surface area contributed by atoms with Gasteiger partial charge in [-0.25, -0.2) is 8.42 Å². The predicted octanol–water partition coefficient (Wildman–Crippen LogP) is 2.32. The van der Waals surface area contributed by atoms with Crippen molar-refractivity contribution in [2.24, 2.45) is 5.92 Å². The normalized spacial score (nSPS) is 20.8. The van der Waals surface area contributed by atoms with Gasteiger partial charge in [0, 0.05) is 24.0 Å². The minimum Gasteiger partial charge on any atom is -0.481 e. The summed E-state index contributed by atoms with van der Waals surface area (Å²) in [6.07, 6.45) is 1.47. The van der Waals surface area contributed by atoms with Gasteiger partial charge in [0.2, 0.25) is 10.0 Å². The Labute approximate surface area is 126 Å². The zero-order valence-electron chi connectivity index (χ0n) is 10.8. The van der Waals surface area contributed by atoms with Gasteiger partial charge in [-0.1, -0.05) is 12.1 Å². The molecule has 20 heavy (non-hydrogen) atoms. The van der Waals surface area contributed by atoms with Gasteiger partial charge >= 0.3 is 5.97 Å². The molecule has 0 radical (unpaired) electrons. The molecule has 0 aliphatic carbocycles. The van der Waals surface area contributed by atoms with Gasteiger partial charge in [-0.05, 0) is 46.8 Å². The fourth-order valence-electron chi connectivity index (χ4n) is 2.45. The van der Waals surface area contributed by atoms with Gasteiger partial charge in [-0.15, -0.1) is 0 Å². The highest BCUT2D eigenvalue weighted by Crippen LogP contribution is 2.29. The summed E-state index contributed by atoms with van der Waals surface area (Å²) in [5, 5.41) is 8.84. The molecule has 1 saturated heterocycles. The van der Waals surface area contributed by atoms with E-state index in [-0.39, 0.29) is 23.8 Å². The van der Waals surface area contributed by atoms with Crippen LogP contribution in [0.3, 0.4) is 0 Å². The Hall–Kier alpha value is -0.920. The highest BCUT2D eigenvalue weighted by Gasteiger charge is 2.32. The fourth-order valence-corrected chi connectivity index (χ4v) is 4.97. The number of carbonyl (C=O) groups is 1. The van der Waals surface area contributed by atoms with Crippen molar-refractivity contribution in [2.75, 3.05) is 13.1 Å². The molecule has 1 fully saturated rings. The highest BCUT2D eigenvalue weighted by molar-refractivity contribution is 9.10. The summed E-state index contributed by atoms with van der Waals surface area (Å²) in [6, 6.07) is 6.68. The van der Waals surface area contributed by atoms with Crippen LogP contribution in [0.5, 0.6) is 0 Å². The van der Waals surface area contributed by atoms with Crippen molar-refractivity contribution in [2.45, 2.75) is 24.2 Å². The number of halogens is 1. The summed E-state index contributed by atoms with van der Waals surface area (Å²) in [7, 11) is -3.57. The minimum absolute atomic E-state index is 0.0159. The summed E-state index contributed by atoms with van der Waals surface area (Å²) >= 11 is 3.25. The van der Waals surface area contributed by atoms with Crippen molar-refractivity contribution in [3.63, 3.8) is 0 Å². The van der Waals surface area contributed by atoms with Crippen LogP contribution < -0.4 is 0 Å². The van der Waals surface area contributed by atoms with Crippen LogP contribution in [0.2, 0.25) is 0 Å². The van der Waals surface area contributed by atoms with Crippen LogP contribution in [-0.2, 0) is 14.8 Å². The lowest BCUT2D eigenvalue weighted by Crippen LogP contribution is -2.40. The molecule has 1 aromatic carbocycles. The third-order valence-electron chi connectivity index (χ3n) is 3.40. The molecular formula is C13H16BrNO4S. The number of carboxylic acids is 1. The number of benzene rings is 1. The van der Waals surface area contributed by atoms with Crippen molar-refractivity contribution >= 4 is 31.9 Å². The molecule has 0 aromatic heterocycles. The molecular weight excluding hydrogens is 346 g/mol. The highest BCUT2D eigenvalue weighted by atomic mass is 79.9. The number of nitrogens with zero attached hydrogens (tertiary/aromatic N) is 1. The molecule has 1 N–H and O–H groups in total. The van der Waals surface area contributed by atoms with E-state index in [0.717, 1.165) is 6.42 Å². The van der Waals surface area contributed by atoms with E-state index in [1.807, 2.05) is 0 Å². The molecule has 1 heterocycles. The number of sulfonamides is 1. The van der Waals surface area contributed by atoms with Gasteiger partial charge < -0.3 is 5.11 Å². The first-order valence-corrected chi connectivity index (χ1v) is 8.61. The lowest BCUT2D eigenvalue weighted by Gasteiger charge is -2.31. The van der Waals surface area contributed by atoms with E-state index >= 15 is 0 Å². The van der Waals surface area contributed by atoms with Crippen molar-refractivity contribution < 1.29 is 18.3 Å². The molecule has 0 amide bonds. The molecule has 5 nitrogen and oxygen atoms in total. The second-order valence-electron chi connectivity index (χ2n) is 4.90. The predicted molar refractivity (Wildman–Crippen MR) is 77.9 cm³/mol. The fraction of sp³-hybridized carbons (Fsp3) is 0.462. The van der Waals surface area contributed by atoms with E-state index in [1.165, 1.54) is 4.31 Å². The minimum atomic E-state index is -3.57.